The van der Waals surface area contributed by atoms with Gasteiger partial charge in [-0.05, 0) is 29.0 Å². The molecule has 1 fully saturated rings. The van der Waals surface area contributed by atoms with Crippen molar-refractivity contribution in [1.82, 2.24) is 5.32 Å². The highest BCUT2D eigenvalue weighted by molar-refractivity contribution is 5.33. The highest BCUT2D eigenvalue weighted by Gasteiger charge is 2.27. The third-order valence-electron chi connectivity index (χ3n) is 4.75. The van der Waals surface area contributed by atoms with Crippen molar-refractivity contribution in [3.63, 3.8) is 0 Å². The topological polar surface area (TPSA) is 21.3 Å². The third-order valence-corrected chi connectivity index (χ3v) is 4.75. The van der Waals surface area contributed by atoms with Crippen molar-refractivity contribution in [2.45, 2.75) is 38.2 Å². The summed E-state index contributed by atoms with van der Waals surface area (Å²) >= 11 is 0. The molecule has 0 aromatic heterocycles. The first-order chi connectivity index (χ1) is 11.3. The van der Waals surface area contributed by atoms with Gasteiger partial charge in [-0.2, -0.15) is 0 Å². The Kier molecular flexibility index (Phi) is 5.47. The fraction of sp³-hybridized carbons (Fsp3) is 0.429. The van der Waals surface area contributed by atoms with Crippen LogP contribution in [-0.2, 0) is 11.2 Å². The van der Waals surface area contributed by atoms with Crippen LogP contribution in [0.1, 0.15) is 42.4 Å². The zero-order chi connectivity index (χ0) is 16.1. The highest BCUT2D eigenvalue weighted by atomic mass is 16.5. The number of hydrogen-bond donors (Lipinski definition) is 1. The molecule has 2 nitrogen and oxygen atoms in total. The molecule has 0 saturated carbocycles. The van der Waals surface area contributed by atoms with Crippen molar-refractivity contribution in [2.24, 2.45) is 0 Å². The molecule has 1 heterocycles. The summed E-state index contributed by atoms with van der Waals surface area (Å²) in [5.41, 5.74) is 4.28. The lowest BCUT2D eigenvalue weighted by molar-refractivity contribution is 0.0110. The largest absolute Gasteiger partial charge is 0.375 e. The zero-order valence-corrected chi connectivity index (χ0v) is 14.2. The molecule has 1 N–H and O–H groups in total. The van der Waals surface area contributed by atoms with Crippen LogP contribution in [0.15, 0.2) is 54.6 Å². The molecule has 1 aliphatic heterocycles. The van der Waals surface area contributed by atoms with Gasteiger partial charge in [0, 0.05) is 19.0 Å². The van der Waals surface area contributed by atoms with E-state index in [4.69, 9.17) is 4.74 Å². The maximum absolute atomic E-state index is 6.10. The van der Waals surface area contributed by atoms with E-state index in [-0.39, 0.29) is 6.10 Å². The average molecular weight is 309 g/mol. The van der Waals surface area contributed by atoms with E-state index in [1.54, 1.807) is 0 Å². The van der Waals surface area contributed by atoms with Gasteiger partial charge in [0.25, 0.3) is 0 Å². The summed E-state index contributed by atoms with van der Waals surface area (Å²) in [4.78, 5) is 0. The molecule has 1 aliphatic rings. The summed E-state index contributed by atoms with van der Waals surface area (Å²) in [5.74, 6) is 0.942. The number of hydrogen-bond acceptors (Lipinski definition) is 2. The molecule has 0 radical (unpaired) electrons. The maximum Gasteiger partial charge on any atom is 0.0771 e. The second-order valence-electron chi connectivity index (χ2n) is 6.69. The fourth-order valence-electron chi connectivity index (χ4n) is 3.53. The minimum absolute atomic E-state index is 0.242. The highest BCUT2D eigenvalue weighted by Crippen LogP contribution is 2.30. The van der Waals surface area contributed by atoms with E-state index in [0.717, 1.165) is 26.1 Å². The van der Waals surface area contributed by atoms with Crippen LogP contribution in [0.5, 0.6) is 0 Å². The van der Waals surface area contributed by atoms with Crippen LogP contribution < -0.4 is 5.32 Å². The first kappa shape index (κ1) is 16.2. The quantitative estimate of drug-likeness (QED) is 0.897. The zero-order valence-electron chi connectivity index (χ0n) is 14.2. The normalized spacial score (nSPS) is 19.7. The third kappa shape index (κ3) is 4.01. The van der Waals surface area contributed by atoms with E-state index in [1.807, 2.05) is 0 Å². The number of ether oxygens (including phenoxy) is 1. The lowest BCUT2D eigenvalue weighted by Gasteiger charge is -2.32. The standard InChI is InChI=1S/C21H27NO/c1-16(2)19-11-7-6-10-18(19)14-20(17-8-4-3-5-9-17)21-15-22-12-13-23-21/h3-11,16,20-22H,12-15H2,1-2H3/t20-,21+/m1/s1. The summed E-state index contributed by atoms with van der Waals surface area (Å²) in [6.45, 7) is 7.24. The van der Waals surface area contributed by atoms with E-state index in [9.17, 15) is 0 Å². The van der Waals surface area contributed by atoms with Crippen LogP contribution in [0.25, 0.3) is 0 Å². The van der Waals surface area contributed by atoms with Crippen LogP contribution in [0, 0.1) is 0 Å². The minimum atomic E-state index is 0.242. The van der Waals surface area contributed by atoms with Crippen LogP contribution in [0.3, 0.4) is 0 Å². The molecule has 0 unspecified atom stereocenters. The molecule has 0 spiro atoms. The SMILES string of the molecule is CC(C)c1ccccc1C[C@H](c1ccccc1)[C@@H]1CNCCO1. The molecule has 1 saturated heterocycles. The Morgan fingerprint density at radius 2 is 1.78 bits per heavy atom. The molecular weight excluding hydrogens is 282 g/mol. The Bertz CT molecular complexity index is 602. The average Bonchev–Trinajstić information content (AvgIpc) is 2.61. The monoisotopic (exact) mass is 309 g/mol. The van der Waals surface area contributed by atoms with E-state index < -0.39 is 0 Å². The molecular formula is C21H27NO. The Labute approximate surface area is 139 Å². The molecule has 3 rings (SSSR count). The maximum atomic E-state index is 6.10. The van der Waals surface area contributed by atoms with Gasteiger partial charge in [0.2, 0.25) is 0 Å². The van der Waals surface area contributed by atoms with E-state index in [2.05, 4.69) is 73.8 Å². The van der Waals surface area contributed by atoms with Crippen LogP contribution in [0.4, 0.5) is 0 Å². The number of benzene rings is 2. The van der Waals surface area contributed by atoms with E-state index in [1.165, 1.54) is 16.7 Å². The summed E-state index contributed by atoms with van der Waals surface area (Å²) in [5, 5.41) is 3.48. The van der Waals surface area contributed by atoms with Gasteiger partial charge < -0.3 is 10.1 Å². The van der Waals surface area contributed by atoms with Gasteiger partial charge in [-0.15, -0.1) is 0 Å². The van der Waals surface area contributed by atoms with Crippen molar-refractivity contribution in [1.29, 1.82) is 0 Å². The van der Waals surface area contributed by atoms with Crippen molar-refractivity contribution < 1.29 is 4.74 Å². The molecule has 0 amide bonds. The van der Waals surface area contributed by atoms with Gasteiger partial charge in [0.1, 0.15) is 0 Å². The minimum Gasteiger partial charge on any atom is -0.375 e. The van der Waals surface area contributed by atoms with Gasteiger partial charge >= 0.3 is 0 Å². The van der Waals surface area contributed by atoms with Gasteiger partial charge in [0.05, 0.1) is 12.7 Å². The Hall–Kier alpha value is -1.64. The van der Waals surface area contributed by atoms with Crippen molar-refractivity contribution in [3.8, 4) is 0 Å². The molecule has 0 bridgehead atoms. The predicted octanol–water partition coefficient (Wildman–Crippen LogP) is 4.12. The van der Waals surface area contributed by atoms with Crippen LogP contribution in [0.2, 0.25) is 0 Å². The summed E-state index contributed by atoms with van der Waals surface area (Å²) < 4.78 is 6.10. The second-order valence-corrected chi connectivity index (χ2v) is 6.69. The Balaban J connectivity index is 1.90. The fourth-order valence-corrected chi connectivity index (χ4v) is 3.53. The second kappa shape index (κ2) is 7.76. The molecule has 0 aliphatic carbocycles. The first-order valence-electron chi connectivity index (χ1n) is 8.70. The lowest BCUT2D eigenvalue weighted by Crippen LogP contribution is -2.42. The van der Waals surface area contributed by atoms with E-state index in [0.29, 0.717) is 11.8 Å². The Morgan fingerprint density at radius 3 is 2.48 bits per heavy atom. The van der Waals surface area contributed by atoms with Gasteiger partial charge in [-0.1, -0.05) is 68.4 Å². The van der Waals surface area contributed by atoms with Crippen molar-refractivity contribution in [3.05, 3.63) is 71.3 Å². The molecule has 23 heavy (non-hydrogen) atoms. The summed E-state index contributed by atoms with van der Waals surface area (Å²) in [6, 6.07) is 19.7. The van der Waals surface area contributed by atoms with Gasteiger partial charge in [-0.25, -0.2) is 0 Å². The van der Waals surface area contributed by atoms with E-state index >= 15 is 0 Å². The Morgan fingerprint density at radius 1 is 1.04 bits per heavy atom. The predicted molar refractivity (Wildman–Crippen MR) is 96.0 cm³/mol. The van der Waals surface area contributed by atoms with Crippen molar-refractivity contribution in [2.75, 3.05) is 19.7 Å². The molecule has 2 aromatic rings. The summed E-state index contributed by atoms with van der Waals surface area (Å²) in [6.07, 6.45) is 1.27. The van der Waals surface area contributed by atoms with Gasteiger partial charge in [0.15, 0.2) is 0 Å². The lowest BCUT2D eigenvalue weighted by atomic mass is 9.84. The molecule has 2 heteroatoms. The van der Waals surface area contributed by atoms with Crippen LogP contribution >= 0.6 is 0 Å². The first-order valence-corrected chi connectivity index (χ1v) is 8.70. The number of nitrogens with one attached hydrogen (secondary N) is 1. The molecule has 122 valence electrons. The smallest absolute Gasteiger partial charge is 0.0771 e. The molecule has 2 atom stereocenters. The van der Waals surface area contributed by atoms with Gasteiger partial charge in [-0.3, -0.25) is 0 Å². The summed E-state index contributed by atoms with van der Waals surface area (Å²) in [7, 11) is 0. The molecule has 2 aromatic carbocycles. The number of rotatable bonds is 5. The van der Waals surface area contributed by atoms with Crippen molar-refractivity contribution >= 4 is 0 Å². The van der Waals surface area contributed by atoms with Crippen LogP contribution in [-0.4, -0.2) is 25.8 Å². The number of morpholine rings is 1.